The third-order valence-corrected chi connectivity index (χ3v) is 8.33. The van der Waals surface area contributed by atoms with Gasteiger partial charge < -0.3 is 9.88 Å². The molecule has 1 aliphatic heterocycles. The molecule has 0 saturated heterocycles. The number of benzene rings is 3. The minimum absolute atomic E-state index is 0.0755. The van der Waals surface area contributed by atoms with Gasteiger partial charge in [-0.25, -0.2) is 13.1 Å². The first-order valence-electron chi connectivity index (χ1n) is 12.2. The lowest BCUT2D eigenvalue weighted by molar-refractivity contribution is -0.132. The highest BCUT2D eigenvalue weighted by Crippen LogP contribution is 2.38. The van der Waals surface area contributed by atoms with Gasteiger partial charge in [0.2, 0.25) is 15.9 Å². The Kier molecular flexibility index (Phi) is 6.22. The number of amides is 1. The Morgan fingerprint density at radius 1 is 0.972 bits per heavy atom. The Balaban J connectivity index is 1.40. The number of aromatic amines is 1. The van der Waals surface area contributed by atoms with Crippen molar-refractivity contribution in [2.75, 3.05) is 13.1 Å². The zero-order chi connectivity index (χ0) is 25.5. The minimum atomic E-state index is -3.82. The maximum absolute atomic E-state index is 13.5. The van der Waals surface area contributed by atoms with Gasteiger partial charge in [0.15, 0.2) is 0 Å². The molecule has 0 saturated carbocycles. The Labute approximate surface area is 212 Å². The molecule has 36 heavy (non-hydrogen) atoms. The van der Waals surface area contributed by atoms with Gasteiger partial charge in [-0.1, -0.05) is 81.4 Å². The second-order valence-electron chi connectivity index (χ2n) is 10.3. The predicted molar refractivity (Wildman–Crippen MR) is 142 cm³/mol. The van der Waals surface area contributed by atoms with Crippen molar-refractivity contribution in [3.8, 4) is 0 Å². The van der Waals surface area contributed by atoms with E-state index in [0.29, 0.717) is 13.0 Å². The SMILES string of the molecule is CC(C)(C)c1ccc(S(=O)(=O)NCC(=O)N2CCc3c([nH]c4ccccc34)C2c2ccccc2)cc1. The number of fused-ring (bicyclic) bond motifs is 3. The summed E-state index contributed by atoms with van der Waals surface area (Å²) in [7, 11) is -3.82. The molecule has 0 radical (unpaired) electrons. The fourth-order valence-corrected chi connectivity index (χ4v) is 5.94. The maximum Gasteiger partial charge on any atom is 0.241 e. The largest absolute Gasteiger partial charge is 0.356 e. The van der Waals surface area contributed by atoms with Gasteiger partial charge in [0.05, 0.1) is 17.5 Å². The van der Waals surface area contributed by atoms with Crippen molar-refractivity contribution in [2.45, 2.75) is 43.5 Å². The molecular formula is C29H31N3O3S. The molecule has 1 atom stereocenters. The first-order valence-corrected chi connectivity index (χ1v) is 13.7. The van der Waals surface area contributed by atoms with E-state index in [-0.39, 0.29) is 28.8 Å². The molecule has 1 amide bonds. The number of sulfonamides is 1. The lowest BCUT2D eigenvalue weighted by Gasteiger charge is -2.36. The fourth-order valence-electron chi connectivity index (χ4n) is 4.97. The van der Waals surface area contributed by atoms with Crippen LogP contribution in [0.25, 0.3) is 10.9 Å². The molecule has 0 spiro atoms. The number of hydrogen-bond donors (Lipinski definition) is 2. The zero-order valence-corrected chi connectivity index (χ0v) is 21.6. The summed E-state index contributed by atoms with van der Waals surface area (Å²) >= 11 is 0. The quantitative estimate of drug-likeness (QED) is 0.407. The summed E-state index contributed by atoms with van der Waals surface area (Å²) in [6, 6.07) is 24.6. The van der Waals surface area contributed by atoms with Crippen LogP contribution >= 0.6 is 0 Å². The number of nitrogens with one attached hydrogen (secondary N) is 2. The number of nitrogens with zero attached hydrogens (tertiary/aromatic N) is 1. The van der Waals surface area contributed by atoms with E-state index in [1.54, 1.807) is 17.0 Å². The number of H-pyrrole nitrogens is 1. The monoisotopic (exact) mass is 501 g/mol. The predicted octanol–water partition coefficient (Wildman–Crippen LogP) is 4.92. The van der Waals surface area contributed by atoms with Crippen molar-refractivity contribution in [3.63, 3.8) is 0 Å². The fraction of sp³-hybridized carbons (Fsp3) is 0.276. The van der Waals surface area contributed by atoms with Crippen LogP contribution in [0.2, 0.25) is 0 Å². The molecule has 2 heterocycles. The van der Waals surface area contributed by atoms with E-state index in [4.69, 9.17) is 0 Å². The van der Waals surface area contributed by atoms with Crippen LogP contribution in [-0.2, 0) is 26.7 Å². The van der Waals surface area contributed by atoms with Crippen LogP contribution in [0, 0.1) is 0 Å². The van der Waals surface area contributed by atoms with Gasteiger partial charge in [-0.05, 0) is 46.7 Å². The molecule has 1 aliphatic rings. The van der Waals surface area contributed by atoms with Crippen LogP contribution in [0.15, 0.2) is 83.8 Å². The van der Waals surface area contributed by atoms with E-state index >= 15 is 0 Å². The summed E-state index contributed by atoms with van der Waals surface area (Å²) in [6.07, 6.45) is 0.704. The normalized spacial score (nSPS) is 16.2. The summed E-state index contributed by atoms with van der Waals surface area (Å²) in [5.74, 6) is -0.261. The van der Waals surface area contributed by atoms with Crippen LogP contribution in [0.3, 0.4) is 0 Å². The molecule has 4 aromatic rings. The number of carbonyl (C=O) groups excluding carboxylic acids is 1. The summed E-state index contributed by atoms with van der Waals surface area (Å²) in [5, 5.41) is 1.17. The first kappa shape index (κ1) is 24.3. The van der Waals surface area contributed by atoms with Gasteiger partial charge in [-0.15, -0.1) is 0 Å². The van der Waals surface area contributed by atoms with E-state index < -0.39 is 10.0 Å². The van der Waals surface area contributed by atoms with Crippen LogP contribution in [-0.4, -0.2) is 37.3 Å². The second-order valence-corrected chi connectivity index (χ2v) is 12.1. The highest BCUT2D eigenvalue weighted by Gasteiger charge is 2.34. The van der Waals surface area contributed by atoms with E-state index in [2.05, 4.69) is 36.5 Å². The average molecular weight is 502 g/mol. The Morgan fingerprint density at radius 3 is 2.33 bits per heavy atom. The Hall–Kier alpha value is -3.42. The van der Waals surface area contributed by atoms with E-state index in [9.17, 15) is 13.2 Å². The smallest absolute Gasteiger partial charge is 0.241 e. The first-order chi connectivity index (χ1) is 17.1. The topological polar surface area (TPSA) is 82.3 Å². The number of aromatic nitrogens is 1. The highest BCUT2D eigenvalue weighted by atomic mass is 32.2. The Bertz CT molecular complexity index is 1500. The van der Waals surface area contributed by atoms with Gasteiger partial charge in [-0.3, -0.25) is 4.79 Å². The van der Waals surface area contributed by atoms with Gasteiger partial charge in [0, 0.05) is 23.1 Å². The molecular weight excluding hydrogens is 470 g/mol. The molecule has 1 aromatic heterocycles. The third-order valence-electron chi connectivity index (χ3n) is 6.91. The number of rotatable bonds is 5. The molecule has 5 rings (SSSR count). The molecule has 6 nitrogen and oxygen atoms in total. The standard InChI is InChI=1S/C29H31N3O3S/c1-29(2,3)21-13-15-22(16-14-21)36(34,35)30-19-26(33)32-18-17-24-23-11-7-8-12-25(23)31-27(24)28(32)20-9-5-4-6-10-20/h4-16,28,30-31H,17-19H2,1-3H3. The maximum atomic E-state index is 13.5. The molecule has 1 unspecified atom stereocenters. The molecule has 0 fully saturated rings. The van der Waals surface area contributed by atoms with Crippen LogP contribution in [0.4, 0.5) is 0 Å². The van der Waals surface area contributed by atoms with Crippen LogP contribution in [0.5, 0.6) is 0 Å². The number of hydrogen-bond acceptors (Lipinski definition) is 3. The van der Waals surface area contributed by atoms with Crippen molar-refractivity contribution in [1.82, 2.24) is 14.6 Å². The molecule has 0 aliphatic carbocycles. The lowest BCUT2D eigenvalue weighted by atomic mass is 9.87. The molecule has 3 aromatic carbocycles. The Morgan fingerprint density at radius 2 is 1.64 bits per heavy atom. The molecule has 186 valence electrons. The summed E-state index contributed by atoms with van der Waals surface area (Å²) in [4.78, 5) is 18.9. The zero-order valence-electron chi connectivity index (χ0n) is 20.8. The van der Waals surface area contributed by atoms with Crippen molar-refractivity contribution >= 4 is 26.8 Å². The summed E-state index contributed by atoms with van der Waals surface area (Å²) < 4.78 is 28.4. The van der Waals surface area contributed by atoms with Gasteiger partial charge in [0.1, 0.15) is 0 Å². The van der Waals surface area contributed by atoms with Gasteiger partial charge in [0.25, 0.3) is 0 Å². The summed E-state index contributed by atoms with van der Waals surface area (Å²) in [5.41, 5.74) is 5.20. The third kappa shape index (κ3) is 4.56. The van der Waals surface area contributed by atoms with Crippen molar-refractivity contribution in [2.24, 2.45) is 0 Å². The summed E-state index contributed by atoms with van der Waals surface area (Å²) in [6.45, 7) is 6.44. The minimum Gasteiger partial charge on any atom is -0.356 e. The van der Waals surface area contributed by atoms with Gasteiger partial charge >= 0.3 is 0 Å². The van der Waals surface area contributed by atoms with E-state index in [0.717, 1.165) is 22.3 Å². The van der Waals surface area contributed by atoms with Crippen molar-refractivity contribution in [1.29, 1.82) is 0 Å². The van der Waals surface area contributed by atoms with Crippen molar-refractivity contribution < 1.29 is 13.2 Å². The highest BCUT2D eigenvalue weighted by molar-refractivity contribution is 7.89. The second kappa shape index (κ2) is 9.22. The number of para-hydroxylation sites is 1. The number of carbonyl (C=O) groups is 1. The van der Waals surface area contributed by atoms with Crippen molar-refractivity contribution in [3.05, 3.63) is 101 Å². The lowest BCUT2D eigenvalue weighted by Crippen LogP contribution is -2.45. The molecule has 0 bridgehead atoms. The molecule has 2 N–H and O–H groups in total. The van der Waals surface area contributed by atoms with E-state index in [1.807, 2.05) is 60.7 Å². The van der Waals surface area contributed by atoms with Gasteiger partial charge in [-0.2, -0.15) is 0 Å². The average Bonchev–Trinajstić information content (AvgIpc) is 3.25. The van der Waals surface area contributed by atoms with E-state index in [1.165, 1.54) is 10.9 Å². The van der Waals surface area contributed by atoms with Crippen LogP contribution in [0.1, 0.15) is 49.2 Å². The van der Waals surface area contributed by atoms with Crippen LogP contribution < -0.4 is 4.72 Å². The molecule has 7 heteroatoms.